The number of ether oxygens (including phenoxy) is 2. The summed E-state index contributed by atoms with van der Waals surface area (Å²) in [6.45, 7) is 1.09. The minimum Gasteiger partial charge on any atom is -0.480 e. The lowest BCUT2D eigenvalue weighted by molar-refractivity contribution is -0.275. The number of nitrogens with one attached hydrogen (secondary N) is 1. The van der Waals surface area contributed by atoms with Crippen LogP contribution >= 0.6 is 11.3 Å². The molecule has 0 atom stereocenters. The number of benzene rings is 2. The Morgan fingerprint density at radius 3 is 2.41 bits per heavy atom. The van der Waals surface area contributed by atoms with Gasteiger partial charge in [0, 0.05) is 35.3 Å². The van der Waals surface area contributed by atoms with Crippen LogP contribution in [0.3, 0.4) is 0 Å². The van der Waals surface area contributed by atoms with Gasteiger partial charge in [0.25, 0.3) is 0 Å². The second-order valence-corrected chi connectivity index (χ2v) is 12.0. The number of hydrogen-bond acceptors (Lipinski definition) is 8. The van der Waals surface area contributed by atoms with Crippen LogP contribution in [-0.4, -0.2) is 67.0 Å². The summed E-state index contributed by atoms with van der Waals surface area (Å²) in [5.41, 5.74) is 1.84. The molecule has 1 aromatic heterocycles. The van der Waals surface area contributed by atoms with E-state index < -0.39 is 45.6 Å². The number of aromatic carboxylic acids is 1. The predicted molar refractivity (Wildman–Crippen MR) is 143 cm³/mol. The lowest BCUT2D eigenvalue weighted by Gasteiger charge is -2.32. The first kappa shape index (κ1) is 30.1. The maximum absolute atomic E-state index is 13.1. The summed E-state index contributed by atoms with van der Waals surface area (Å²) in [4.78, 5) is 22.6. The van der Waals surface area contributed by atoms with Crippen LogP contribution < -0.4 is 14.8 Å². The fourth-order valence-electron chi connectivity index (χ4n) is 4.46. The number of piperidine rings is 1. The van der Waals surface area contributed by atoms with Gasteiger partial charge in [-0.1, -0.05) is 24.3 Å². The predicted octanol–water partition coefficient (Wildman–Crippen LogP) is 5.05. The van der Waals surface area contributed by atoms with Crippen molar-refractivity contribution in [3.63, 3.8) is 0 Å². The Balaban J connectivity index is 1.47. The molecule has 1 aliphatic heterocycles. The third-order valence-electron chi connectivity index (χ3n) is 6.27. The fraction of sp³-hybridized carbons (Fsp3) is 0.308. The van der Waals surface area contributed by atoms with Crippen molar-refractivity contribution >= 4 is 39.0 Å². The minimum absolute atomic E-state index is 0.00551. The van der Waals surface area contributed by atoms with E-state index in [1.54, 1.807) is 31.2 Å². The molecule has 3 aromatic rings. The molecule has 1 aliphatic rings. The van der Waals surface area contributed by atoms with Crippen molar-refractivity contribution in [1.29, 1.82) is 0 Å². The van der Waals surface area contributed by atoms with E-state index in [1.807, 2.05) is 0 Å². The molecule has 2 aromatic carbocycles. The van der Waals surface area contributed by atoms with E-state index in [0.29, 0.717) is 34.5 Å². The van der Waals surface area contributed by atoms with Crippen molar-refractivity contribution in [2.45, 2.75) is 37.1 Å². The van der Waals surface area contributed by atoms with Gasteiger partial charge in [-0.05, 0) is 49.6 Å². The van der Waals surface area contributed by atoms with E-state index in [2.05, 4.69) is 10.1 Å². The van der Waals surface area contributed by atoms with E-state index in [4.69, 9.17) is 9.84 Å². The van der Waals surface area contributed by atoms with Crippen LogP contribution in [0.5, 0.6) is 11.5 Å². The fourth-order valence-corrected chi connectivity index (χ4v) is 7.13. The smallest absolute Gasteiger partial charge is 0.480 e. The topological polar surface area (TPSA) is 142 Å². The maximum atomic E-state index is 13.1. The summed E-state index contributed by atoms with van der Waals surface area (Å²) < 4.78 is 74.9. The van der Waals surface area contributed by atoms with Gasteiger partial charge in [-0.15, -0.1) is 24.5 Å². The molecule has 220 valence electrons. The molecule has 0 saturated carbocycles. The van der Waals surface area contributed by atoms with Crippen molar-refractivity contribution < 1.29 is 50.9 Å². The highest BCUT2D eigenvalue weighted by molar-refractivity contribution is 7.89. The van der Waals surface area contributed by atoms with Gasteiger partial charge >= 0.3 is 18.3 Å². The Morgan fingerprint density at radius 2 is 1.78 bits per heavy atom. The molecule has 41 heavy (non-hydrogen) atoms. The molecule has 0 unspecified atom stereocenters. The number of thiophene rings is 1. The van der Waals surface area contributed by atoms with Crippen LogP contribution in [0.4, 0.5) is 18.9 Å². The van der Waals surface area contributed by atoms with Gasteiger partial charge in [-0.3, -0.25) is 0 Å². The molecular weight excluding hydrogens is 589 g/mol. The van der Waals surface area contributed by atoms with Crippen LogP contribution in [0.25, 0.3) is 10.4 Å². The molecule has 0 amide bonds. The number of halogens is 3. The molecule has 1 fully saturated rings. The summed E-state index contributed by atoms with van der Waals surface area (Å²) in [6, 6.07) is 11.6. The number of anilines is 1. The van der Waals surface area contributed by atoms with Gasteiger partial charge in [0.15, 0.2) is 11.5 Å². The van der Waals surface area contributed by atoms with E-state index in [0.717, 1.165) is 27.8 Å². The third kappa shape index (κ3) is 7.10. The minimum atomic E-state index is -5.04. The Morgan fingerprint density at radius 1 is 1.10 bits per heavy atom. The van der Waals surface area contributed by atoms with Gasteiger partial charge < -0.3 is 25.0 Å². The summed E-state index contributed by atoms with van der Waals surface area (Å²) in [6.07, 6.45) is -4.29. The van der Waals surface area contributed by atoms with Crippen LogP contribution in [0, 0.1) is 6.92 Å². The highest BCUT2D eigenvalue weighted by Crippen LogP contribution is 2.42. The van der Waals surface area contributed by atoms with Crippen molar-refractivity contribution in [3.8, 4) is 21.9 Å². The first-order valence-corrected chi connectivity index (χ1v) is 14.4. The average Bonchev–Trinajstić information content (AvgIpc) is 3.23. The number of rotatable bonds is 10. The van der Waals surface area contributed by atoms with E-state index in [1.165, 1.54) is 12.1 Å². The highest BCUT2D eigenvalue weighted by atomic mass is 32.2. The maximum Gasteiger partial charge on any atom is 0.573 e. The quantitative estimate of drug-likeness (QED) is 0.286. The Kier molecular flexibility index (Phi) is 8.80. The zero-order chi connectivity index (χ0) is 29.9. The number of carboxylic acid groups (broad SMARTS) is 2. The number of alkyl halides is 3. The monoisotopic (exact) mass is 614 g/mol. The van der Waals surface area contributed by atoms with Crippen molar-refractivity contribution in [3.05, 3.63) is 59.0 Å². The number of carbonyl (C=O) groups is 2. The normalized spacial score (nSPS) is 14.9. The molecule has 15 heteroatoms. The second-order valence-electron chi connectivity index (χ2n) is 9.10. The van der Waals surface area contributed by atoms with Gasteiger partial charge in [0.2, 0.25) is 10.0 Å². The molecule has 0 bridgehead atoms. The molecule has 0 aliphatic carbocycles. The van der Waals surface area contributed by atoms with Crippen molar-refractivity contribution in [1.82, 2.24) is 4.31 Å². The van der Waals surface area contributed by atoms with E-state index in [-0.39, 0.29) is 29.8 Å². The number of hydrogen-bond donors (Lipinski definition) is 3. The lowest BCUT2D eigenvalue weighted by atomic mass is 10.0. The summed E-state index contributed by atoms with van der Waals surface area (Å²) in [5, 5.41) is 21.8. The molecule has 1 saturated heterocycles. The number of nitrogens with zero attached hydrogens (tertiary/aromatic N) is 1. The Labute approximate surface area is 237 Å². The second kappa shape index (κ2) is 12.0. The Hall–Kier alpha value is -3.82. The molecule has 3 N–H and O–H groups in total. The van der Waals surface area contributed by atoms with Crippen LogP contribution in [0.1, 0.15) is 28.1 Å². The molecule has 2 heterocycles. The van der Waals surface area contributed by atoms with Gasteiger partial charge in [0.1, 0.15) is 16.4 Å². The number of carboxylic acids is 2. The van der Waals surface area contributed by atoms with E-state index in [9.17, 15) is 36.3 Å². The largest absolute Gasteiger partial charge is 0.573 e. The molecule has 4 rings (SSSR count). The molecular formula is C26H25F3N2O8S2. The van der Waals surface area contributed by atoms with Gasteiger partial charge in [-0.25, -0.2) is 18.0 Å². The first-order valence-electron chi connectivity index (χ1n) is 12.2. The first-order chi connectivity index (χ1) is 19.3. The summed E-state index contributed by atoms with van der Waals surface area (Å²) in [7, 11) is -4.24. The number of para-hydroxylation sites is 1. The number of aliphatic carboxylic acids is 1. The molecule has 0 spiro atoms. The molecule has 10 nitrogen and oxygen atoms in total. The SMILES string of the molecule is Cc1c(-c2cccc(NC3CCN(S(=O)(=O)c4ccccc4OC(F)(F)F)CC3)c2)sc(C(=O)O)c1OCC(=O)O. The van der Waals surface area contributed by atoms with Crippen LogP contribution in [-0.2, 0) is 14.8 Å². The van der Waals surface area contributed by atoms with Crippen molar-refractivity contribution in [2.75, 3.05) is 25.0 Å². The third-order valence-corrected chi connectivity index (χ3v) is 9.52. The zero-order valence-corrected chi connectivity index (χ0v) is 23.1. The van der Waals surface area contributed by atoms with E-state index >= 15 is 0 Å². The van der Waals surface area contributed by atoms with Crippen LogP contribution in [0.2, 0.25) is 0 Å². The number of sulfonamides is 1. The zero-order valence-electron chi connectivity index (χ0n) is 21.5. The van der Waals surface area contributed by atoms with Crippen LogP contribution in [0.15, 0.2) is 53.4 Å². The lowest BCUT2D eigenvalue weighted by Crippen LogP contribution is -2.42. The Bertz CT molecular complexity index is 1550. The summed E-state index contributed by atoms with van der Waals surface area (Å²) >= 11 is 0.960. The molecule has 0 radical (unpaired) electrons. The van der Waals surface area contributed by atoms with Gasteiger partial charge in [-0.2, -0.15) is 4.31 Å². The average molecular weight is 615 g/mol. The highest BCUT2D eigenvalue weighted by Gasteiger charge is 2.36. The standard InChI is InChI=1S/C26H25F3N2O8S2/c1-15-22(38-14-21(32)33)24(25(34)35)40-23(15)16-5-4-6-18(13-16)30-17-9-11-31(12-10-17)41(36,37)20-8-3-2-7-19(20)39-26(27,28)29/h2-8,13,17,30H,9-12,14H2,1H3,(H,32,33)(H,34,35). The van der Waals surface area contributed by atoms with Gasteiger partial charge in [0.05, 0.1) is 0 Å². The summed E-state index contributed by atoms with van der Waals surface area (Å²) in [5.74, 6) is -3.27. The van der Waals surface area contributed by atoms with Crippen molar-refractivity contribution in [2.24, 2.45) is 0 Å².